The lowest BCUT2D eigenvalue weighted by Gasteiger charge is -2.10. The molecule has 0 saturated heterocycles. The Balaban J connectivity index is 1.89. The van der Waals surface area contributed by atoms with E-state index < -0.39 is 0 Å². The molecule has 2 heteroatoms. The second-order valence-electron chi connectivity index (χ2n) is 4.78. The zero-order chi connectivity index (χ0) is 13.9. The lowest BCUT2D eigenvalue weighted by atomic mass is 10.0. The summed E-state index contributed by atoms with van der Waals surface area (Å²) in [6, 6.07) is 21.1. The Morgan fingerprint density at radius 2 is 1.50 bits per heavy atom. The molecule has 0 aliphatic carbocycles. The summed E-state index contributed by atoms with van der Waals surface area (Å²) in [5.74, 6) is 0.957. The van der Waals surface area contributed by atoms with Crippen molar-refractivity contribution in [3.63, 3.8) is 0 Å². The topological polar surface area (TPSA) is 13.1 Å². The standard InChI is InChI=1S/C18H15BrO/c1-13-17(11-12-20-13)18(19)16-9-7-15(8-10-16)14-5-3-2-4-6-14/h2-12,18H,1H3. The highest BCUT2D eigenvalue weighted by molar-refractivity contribution is 9.09. The minimum atomic E-state index is 0.172. The summed E-state index contributed by atoms with van der Waals surface area (Å²) >= 11 is 3.74. The summed E-state index contributed by atoms with van der Waals surface area (Å²) in [6.07, 6.45) is 1.73. The van der Waals surface area contributed by atoms with E-state index in [4.69, 9.17) is 4.42 Å². The lowest BCUT2D eigenvalue weighted by molar-refractivity contribution is 0.530. The first-order valence-corrected chi connectivity index (χ1v) is 7.51. The molecule has 1 heterocycles. The molecule has 1 nitrogen and oxygen atoms in total. The molecule has 1 unspecified atom stereocenters. The summed E-state index contributed by atoms with van der Waals surface area (Å²) in [4.78, 5) is 0.172. The van der Waals surface area contributed by atoms with Crippen molar-refractivity contribution in [2.75, 3.05) is 0 Å². The fourth-order valence-corrected chi connectivity index (χ4v) is 3.09. The minimum Gasteiger partial charge on any atom is -0.469 e. The molecule has 0 radical (unpaired) electrons. The molecule has 0 amide bonds. The Bertz CT molecular complexity index is 683. The van der Waals surface area contributed by atoms with Gasteiger partial charge in [0.15, 0.2) is 0 Å². The van der Waals surface area contributed by atoms with Crippen LogP contribution in [-0.4, -0.2) is 0 Å². The first-order valence-electron chi connectivity index (χ1n) is 6.59. The van der Waals surface area contributed by atoms with Crippen LogP contribution < -0.4 is 0 Å². The number of rotatable bonds is 3. The van der Waals surface area contributed by atoms with E-state index in [-0.39, 0.29) is 4.83 Å². The quantitative estimate of drug-likeness (QED) is 0.559. The van der Waals surface area contributed by atoms with E-state index in [0.29, 0.717) is 0 Å². The van der Waals surface area contributed by atoms with E-state index in [2.05, 4.69) is 64.5 Å². The number of benzene rings is 2. The number of furan rings is 1. The summed E-state index contributed by atoms with van der Waals surface area (Å²) < 4.78 is 5.37. The maximum Gasteiger partial charge on any atom is 0.105 e. The van der Waals surface area contributed by atoms with Crippen LogP contribution in [0.25, 0.3) is 11.1 Å². The molecule has 20 heavy (non-hydrogen) atoms. The second-order valence-corrected chi connectivity index (χ2v) is 5.70. The maximum atomic E-state index is 5.37. The Hall–Kier alpha value is -1.80. The van der Waals surface area contributed by atoms with Gasteiger partial charge in [-0.05, 0) is 29.7 Å². The average molecular weight is 327 g/mol. The van der Waals surface area contributed by atoms with Crippen LogP contribution in [0.1, 0.15) is 21.7 Å². The van der Waals surface area contributed by atoms with Gasteiger partial charge in [0, 0.05) is 5.56 Å². The smallest absolute Gasteiger partial charge is 0.105 e. The van der Waals surface area contributed by atoms with Gasteiger partial charge in [-0.25, -0.2) is 0 Å². The van der Waals surface area contributed by atoms with Crippen molar-refractivity contribution >= 4 is 15.9 Å². The average Bonchev–Trinajstić information content (AvgIpc) is 2.94. The molecule has 0 bridgehead atoms. The molecule has 0 saturated carbocycles. The van der Waals surface area contributed by atoms with Crippen molar-refractivity contribution in [1.82, 2.24) is 0 Å². The summed E-state index contributed by atoms with van der Waals surface area (Å²) in [5, 5.41) is 0. The van der Waals surface area contributed by atoms with Crippen LogP contribution in [0.2, 0.25) is 0 Å². The number of alkyl halides is 1. The molecular formula is C18H15BrO. The van der Waals surface area contributed by atoms with Gasteiger partial charge in [0.1, 0.15) is 5.76 Å². The van der Waals surface area contributed by atoms with E-state index in [1.807, 2.05) is 19.1 Å². The van der Waals surface area contributed by atoms with Crippen LogP contribution in [0, 0.1) is 6.92 Å². The van der Waals surface area contributed by atoms with Crippen LogP contribution in [0.15, 0.2) is 71.3 Å². The largest absolute Gasteiger partial charge is 0.469 e. The van der Waals surface area contributed by atoms with E-state index in [1.165, 1.54) is 22.3 Å². The molecule has 3 aromatic rings. The summed E-state index contributed by atoms with van der Waals surface area (Å²) in [5.41, 5.74) is 4.88. The van der Waals surface area contributed by atoms with Gasteiger partial charge in [0.25, 0.3) is 0 Å². The van der Waals surface area contributed by atoms with Gasteiger partial charge < -0.3 is 4.42 Å². The number of hydrogen-bond acceptors (Lipinski definition) is 1. The third-order valence-corrected chi connectivity index (χ3v) is 4.50. The van der Waals surface area contributed by atoms with Gasteiger partial charge in [-0.1, -0.05) is 70.5 Å². The van der Waals surface area contributed by atoms with E-state index >= 15 is 0 Å². The van der Waals surface area contributed by atoms with Crippen LogP contribution in [0.4, 0.5) is 0 Å². The predicted molar refractivity (Wildman–Crippen MR) is 86.1 cm³/mol. The zero-order valence-corrected chi connectivity index (χ0v) is 12.8. The summed E-state index contributed by atoms with van der Waals surface area (Å²) in [7, 11) is 0. The van der Waals surface area contributed by atoms with Gasteiger partial charge in [-0.15, -0.1) is 0 Å². The van der Waals surface area contributed by atoms with Crippen LogP contribution in [0.5, 0.6) is 0 Å². The molecule has 1 aromatic heterocycles. The highest BCUT2D eigenvalue weighted by atomic mass is 79.9. The van der Waals surface area contributed by atoms with Crippen LogP contribution in [-0.2, 0) is 0 Å². The van der Waals surface area contributed by atoms with Crippen molar-refractivity contribution in [3.05, 3.63) is 83.8 Å². The molecule has 0 fully saturated rings. The van der Waals surface area contributed by atoms with Crippen LogP contribution in [0.3, 0.4) is 0 Å². The summed E-state index contributed by atoms with van der Waals surface area (Å²) in [6.45, 7) is 1.99. The van der Waals surface area contributed by atoms with Crippen molar-refractivity contribution in [3.8, 4) is 11.1 Å². The number of halogens is 1. The van der Waals surface area contributed by atoms with Gasteiger partial charge in [-0.2, -0.15) is 0 Å². The van der Waals surface area contributed by atoms with Crippen molar-refractivity contribution in [2.24, 2.45) is 0 Å². The Labute approximate surface area is 127 Å². The Morgan fingerprint density at radius 3 is 2.10 bits per heavy atom. The van der Waals surface area contributed by atoms with Crippen molar-refractivity contribution < 1.29 is 4.42 Å². The normalized spacial score (nSPS) is 12.3. The molecule has 0 spiro atoms. The maximum absolute atomic E-state index is 5.37. The van der Waals surface area contributed by atoms with E-state index in [9.17, 15) is 0 Å². The molecular weight excluding hydrogens is 312 g/mol. The molecule has 0 aliphatic rings. The Kier molecular flexibility index (Phi) is 3.75. The van der Waals surface area contributed by atoms with E-state index in [1.54, 1.807) is 6.26 Å². The lowest BCUT2D eigenvalue weighted by Crippen LogP contribution is -1.92. The third kappa shape index (κ3) is 2.56. The number of hydrogen-bond donors (Lipinski definition) is 0. The second kappa shape index (κ2) is 5.68. The van der Waals surface area contributed by atoms with E-state index in [0.717, 1.165) is 5.76 Å². The van der Waals surface area contributed by atoms with Crippen LogP contribution >= 0.6 is 15.9 Å². The molecule has 1 atom stereocenters. The number of aryl methyl sites for hydroxylation is 1. The highest BCUT2D eigenvalue weighted by Crippen LogP contribution is 2.34. The SMILES string of the molecule is Cc1occc1C(Br)c1ccc(-c2ccccc2)cc1. The molecule has 0 N–H and O–H groups in total. The molecule has 100 valence electrons. The molecule has 3 rings (SSSR count). The minimum absolute atomic E-state index is 0.172. The molecule has 2 aromatic carbocycles. The van der Waals surface area contributed by atoms with Gasteiger partial charge in [0.05, 0.1) is 11.1 Å². The van der Waals surface area contributed by atoms with Crippen molar-refractivity contribution in [1.29, 1.82) is 0 Å². The molecule has 0 aliphatic heterocycles. The monoisotopic (exact) mass is 326 g/mol. The highest BCUT2D eigenvalue weighted by Gasteiger charge is 2.14. The van der Waals surface area contributed by atoms with Gasteiger partial charge >= 0.3 is 0 Å². The van der Waals surface area contributed by atoms with Crippen molar-refractivity contribution in [2.45, 2.75) is 11.8 Å². The van der Waals surface area contributed by atoms with Gasteiger partial charge in [-0.3, -0.25) is 0 Å². The van der Waals surface area contributed by atoms with Gasteiger partial charge in [0.2, 0.25) is 0 Å². The predicted octanol–water partition coefficient (Wildman–Crippen LogP) is 5.74. The first-order chi connectivity index (χ1) is 9.75. The Morgan fingerprint density at radius 1 is 0.850 bits per heavy atom. The third-order valence-electron chi connectivity index (χ3n) is 3.48. The fraction of sp³-hybridized carbons (Fsp3) is 0.111. The zero-order valence-electron chi connectivity index (χ0n) is 11.2. The fourth-order valence-electron chi connectivity index (χ4n) is 2.31. The first kappa shape index (κ1) is 13.2.